The van der Waals surface area contributed by atoms with Gasteiger partial charge < -0.3 is 35.5 Å². The molecular formula is C29H48N8O9. The lowest BCUT2D eigenvalue weighted by molar-refractivity contribution is -0.141. The summed E-state index contributed by atoms with van der Waals surface area (Å²) < 4.78 is 14.9. The van der Waals surface area contributed by atoms with Crippen LogP contribution < -0.4 is 21.3 Å². The first kappa shape index (κ1) is 41.3. The van der Waals surface area contributed by atoms with Crippen molar-refractivity contribution in [3.63, 3.8) is 0 Å². The second-order valence-corrected chi connectivity index (χ2v) is 11.8. The summed E-state index contributed by atoms with van der Waals surface area (Å²) >= 11 is 0. The molecule has 46 heavy (non-hydrogen) atoms. The molecule has 0 aliphatic carbocycles. The van der Waals surface area contributed by atoms with Crippen molar-refractivity contribution in [2.45, 2.75) is 105 Å². The van der Waals surface area contributed by atoms with Gasteiger partial charge in [-0.05, 0) is 44.3 Å². The number of rotatable bonds is 17. The van der Waals surface area contributed by atoms with Gasteiger partial charge in [0.2, 0.25) is 17.7 Å². The van der Waals surface area contributed by atoms with Gasteiger partial charge in [0.25, 0.3) is 5.91 Å². The molecule has 0 aromatic carbocycles. The second kappa shape index (κ2) is 20.3. The summed E-state index contributed by atoms with van der Waals surface area (Å²) in [6, 6.07) is -4.95. The van der Waals surface area contributed by atoms with E-state index in [1.807, 2.05) is 0 Å². The fourth-order valence-corrected chi connectivity index (χ4v) is 3.77. The summed E-state index contributed by atoms with van der Waals surface area (Å²) in [4.78, 5) is 79.9. The standard InChI is InChI=1S/C29H48N8O9/c1-11-13-20(37(36-35-30)28(43)46-29(7,8)9)25(40)33-23(18(5)6)27(42)34-22(17(3)4)26(41)32-19(16-45-14-12-2)24(39)31-15-21(38)44-10/h17-20,22-23H,11,13,15-16H2,1-10H3,(H,31,39)(H,32,41)(H,33,40)(H,34,42)/t19-,20-,22-,23-/m0/s1. The van der Waals surface area contributed by atoms with Gasteiger partial charge in [0.05, 0.1) is 7.11 Å². The van der Waals surface area contributed by atoms with Crippen LogP contribution in [0.25, 0.3) is 10.4 Å². The zero-order chi connectivity index (χ0) is 35.6. The number of esters is 1. The Kier molecular flexibility index (Phi) is 18.3. The van der Waals surface area contributed by atoms with Crippen LogP contribution >= 0.6 is 0 Å². The van der Waals surface area contributed by atoms with Crippen molar-refractivity contribution in [2.24, 2.45) is 17.1 Å². The van der Waals surface area contributed by atoms with E-state index in [-0.39, 0.29) is 13.0 Å². The molecular weight excluding hydrogens is 604 g/mol. The predicted octanol–water partition coefficient (Wildman–Crippen LogP) is 1.67. The maximum absolute atomic E-state index is 13.5. The van der Waals surface area contributed by atoms with Gasteiger partial charge in [0, 0.05) is 6.92 Å². The van der Waals surface area contributed by atoms with Crippen LogP contribution in [0.15, 0.2) is 5.22 Å². The smallest absolute Gasteiger partial charge is 0.468 e. The molecule has 0 saturated carbocycles. The second-order valence-electron chi connectivity index (χ2n) is 11.8. The molecule has 0 radical (unpaired) electrons. The molecule has 17 heteroatoms. The molecule has 5 amide bonds. The number of ether oxygens (including phenoxy) is 3. The summed E-state index contributed by atoms with van der Waals surface area (Å²) in [5.41, 5.74) is 8.13. The van der Waals surface area contributed by atoms with Crippen molar-refractivity contribution in [1.82, 2.24) is 26.3 Å². The van der Waals surface area contributed by atoms with E-state index in [0.29, 0.717) is 11.4 Å². The topological polar surface area (TPSA) is 230 Å². The van der Waals surface area contributed by atoms with Crippen molar-refractivity contribution in [2.75, 3.05) is 20.3 Å². The Labute approximate surface area is 269 Å². The lowest BCUT2D eigenvalue weighted by Crippen LogP contribution is -2.61. The minimum Gasteiger partial charge on any atom is -0.468 e. The predicted molar refractivity (Wildman–Crippen MR) is 166 cm³/mol. The van der Waals surface area contributed by atoms with Crippen LogP contribution in [0.3, 0.4) is 0 Å². The number of nitrogens with one attached hydrogen (secondary N) is 4. The van der Waals surface area contributed by atoms with Crippen LogP contribution in [0.2, 0.25) is 0 Å². The Morgan fingerprint density at radius 3 is 1.91 bits per heavy atom. The highest BCUT2D eigenvalue weighted by Crippen LogP contribution is 2.17. The highest BCUT2D eigenvalue weighted by molar-refractivity contribution is 5.96. The monoisotopic (exact) mass is 652 g/mol. The highest BCUT2D eigenvalue weighted by Gasteiger charge is 2.39. The fourth-order valence-electron chi connectivity index (χ4n) is 3.77. The molecule has 0 spiro atoms. The van der Waals surface area contributed by atoms with Crippen LogP contribution in [-0.2, 0) is 38.2 Å². The molecule has 0 fully saturated rings. The molecule has 0 rings (SSSR count). The molecule has 17 nitrogen and oxygen atoms in total. The molecule has 0 aliphatic heterocycles. The van der Waals surface area contributed by atoms with E-state index in [2.05, 4.69) is 48.2 Å². The summed E-state index contributed by atoms with van der Waals surface area (Å²) in [5, 5.41) is 14.1. The zero-order valence-electron chi connectivity index (χ0n) is 28.3. The van der Waals surface area contributed by atoms with Crippen molar-refractivity contribution in [1.29, 1.82) is 0 Å². The number of amides is 5. The molecule has 4 atom stereocenters. The van der Waals surface area contributed by atoms with Gasteiger partial charge in [0.15, 0.2) is 6.04 Å². The van der Waals surface area contributed by atoms with Crippen LogP contribution in [-0.4, -0.2) is 90.7 Å². The van der Waals surface area contributed by atoms with E-state index in [4.69, 9.17) is 15.0 Å². The minimum absolute atomic E-state index is 0.0808. The first-order valence-corrected chi connectivity index (χ1v) is 14.8. The SMILES string of the molecule is CC#COC[C@H](NC(=O)[C@@H](NC(=O)[C@@H](NC(=O)[C@H](CCC)N(N=[N+]=[N-])C(=O)OC(C)(C)C)C(C)C)C(C)C)C(=O)NCC(=O)OC. The number of carbonyl (C=O) groups is 6. The van der Waals surface area contributed by atoms with Gasteiger partial charge in [-0.25, -0.2) is 0 Å². The maximum atomic E-state index is 13.5. The van der Waals surface area contributed by atoms with Gasteiger partial charge in [-0.1, -0.05) is 47.0 Å². The van der Waals surface area contributed by atoms with Gasteiger partial charge in [-0.2, -0.15) is 9.71 Å². The molecule has 0 aromatic rings. The molecule has 0 aromatic heterocycles. The van der Waals surface area contributed by atoms with Crippen molar-refractivity contribution >= 4 is 35.7 Å². The maximum Gasteiger partial charge on any atom is 0.511 e. The summed E-state index contributed by atoms with van der Waals surface area (Å²) in [5.74, 6) is -2.20. The van der Waals surface area contributed by atoms with E-state index >= 15 is 0 Å². The van der Waals surface area contributed by atoms with E-state index in [1.165, 1.54) is 6.92 Å². The first-order valence-electron chi connectivity index (χ1n) is 14.8. The Morgan fingerprint density at radius 2 is 1.46 bits per heavy atom. The number of azide groups is 1. The molecule has 0 bridgehead atoms. The third-order valence-corrected chi connectivity index (χ3v) is 6.06. The number of nitrogens with zero attached hydrogens (tertiary/aromatic N) is 4. The van der Waals surface area contributed by atoms with Gasteiger partial charge in [0.1, 0.15) is 43.0 Å². The third-order valence-electron chi connectivity index (χ3n) is 6.06. The number of carbonyl (C=O) groups excluding carboxylic acids is 6. The van der Waals surface area contributed by atoms with Crippen LogP contribution in [0, 0.1) is 23.9 Å². The van der Waals surface area contributed by atoms with Crippen LogP contribution in [0.5, 0.6) is 0 Å². The average molecular weight is 653 g/mol. The lowest BCUT2D eigenvalue weighted by Gasteiger charge is -2.30. The molecule has 0 saturated heterocycles. The Bertz CT molecular complexity index is 1180. The van der Waals surface area contributed by atoms with E-state index in [1.54, 1.807) is 55.4 Å². The quantitative estimate of drug-likeness (QED) is 0.0446. The largest absolute Gasteiger partial charge is 0.511 e. The Hall–Kier alpha value is -4.71. The number of hydrogen-bond donors (Lipinski definition) is 4. The van der Waals surface area contributed by atoms with Gasteiger partial charge in [-0.3, -0.25) is 24.0 Å². The molecule has 0 unspecified atom stereocenters. The average Bonchev–Trinajstić information content (AvgIpc) is 2.96. The van der Waals surface area contributed by atoms with Crippen LogP contribution in [0.1, 0.15) is 75.2 Å². The van der Waals surface area contributed by atoms with E-state index in [0.717, 1.165) is 7.11 Å². The Morgan fingerprint density at radius 1 is 0.913 bits per heavy atom. The minimum atomic E-state index is -1.30. The number of hydrogen-bond acceptors (Lipinski definition) is 10. The summed E-state index contributed by atoms with van der Waals surface area (Å²) in [7, 11) is 1.15. The molecule has 4 N–H and O–H groups in total. The molecule has 0 aliphatic rings. The third kappa shape index (κ3) is 14.8. The number of methoxy groups -OCH3 is 1. The molecule has 0 heterocycles. The Balaban J connectivity index is 6.06. The highest BCUT2D eigenvalue weighted by atomic mass is 16.6. The normalized spacial score (nSPS) is 13.3. The first-order chi connectivity index (χ1) is 21.4. The van der Waals surface area contributed by atoms with Crippen molar-refractivity contribution in [3.8, 4) is 12.0 Å². The lowest BCUT2D eigenvalue weighted by atomic mass is 9.98. The van der Waals surface area contributed by atoms with Crippen molar-refractivity contribution in [3.05, 3.63) is 10.4 Å². The zero-order valence-corrected chi connectivity index (χ0v) is 28.3. The molecule has 258 valence electrons. The van der Waals surface area contributed by atoms with E-state index in [9.17, 15) is 28.8 Å². The van der Waals surface area contributed by atoms with Crippen molar-refractivity contribution < 1.29 is 43.0 Å². The van der Waals surface area contributed by atoms with Gasteiger partial charge >= 0.3 is 12.1 Å². The summed E-state index contributed by atoms with van der Waals surface area (Å²) in [6.07, 6.45) is 1.77. The summed E-state index contributed by atoms with van der Waals surface area (Å²) in [6.45, 7) is 13.9. The fraction of sp³-hybridized carbons (Fsp3) is 0.724. The van der Waals surface area contributed by atoms with Gasteiger partial charge in [-0.15, -0.1) is 10.5 Å². The van der Waals surface area contributed by atoms with E-state index < -0.39 is 83.8 Å². The van der Waals surface area contributed by atoms with Crippen LogP contribution in [0.4, 0.5) is 4.79 Å².